The van der Waals surface area contributed by atoms with E-state index in [9.17, 15) is 4.79 Å². The van der Waals surface area contributed by atoms with Gasteiger partial charge in [0.05, 0.1) is 6.54 Å². The summed E-state index contributed by atoms with van der Waals surface area (Å²) in [5.41, 5.74) is 1.36. The van der Waals surface area contributed by atoms with Gasteiger partial charge in [0.1, 0.15) is 0 Å². The highest BCUT2D eigenvalue weighted by Gasteiger charge is 2.30. The Bertz CT molecular complexity index is 712. The predicted octanol–water partition coefficient (Wildman–Crippen LogP) is 2.90. The fourth-order valence-electron chi connectivity index (χ4n) is 4.57. The molecule has 2 aliphatic heterocycles. The van der Waals surface area contributed by atoms with E-state index in [0.717, 1.165) is 45.1 Å². The number of rotatable bonds is 9. The van der Waals surface area contributed by atoms with Crippen LogP contribution in [0.2, 0.25) is 0 Å². The van der Waals surface area contributed by atoms with Crippen molar-refractivity contribution in [2.24, 2.45) is 10.9 Å². The van der Waals surface area contributed by atoms with Gasteiger partial charge in [-0.2, -0.15) is 0 Å². The number of hydrogen-bond donors (Lipinski definition) is 2. The van der Waals surface area contributed by atoms with Crippen molar-refractivity contribution in [2.45, 2.75) is 58.4 Å². The Labute approximate surface area is 188 Å². The number of amides is 1. The number of piperidine rings is 1. The van der Waals surface area contributed by atoms with Gasteiger partial charge < -0.3 is 15.5 Å². The lowest BCUT2D eigenvalue weighted by Crippen LogP contribution is -2.49. The Hall–Kier alpha value is -2.08. The number of nitrogens with one attached hydrogen (secondary N) is 2. The van der Waals surface area contributed by atoms with E-state index in [1.165, 1.54) is 37.9 Å². The van der Waals surface area contributed by atoms with E-state index >= 15 is 0 Å². The van der Waals surface area contributed by atoms with Crippen LogP contribution in [-0.4, -0.2) is 73.0 Å². The molecule has 0 aliphatic carbocycles. The largest absolute Gasteiger partial charge is 0.357 e. The molecule has 1 amide bonds. The fraction of sp³-hybridized carbons (Fsp3) is 0.680. The molecular weight excluding hydrogens is 386 g/mol. The molecule has 1 aromatic rings. The first-order valence-corrected chi connectivity index (χ1v) is 12.1. The highest BCUT2D eigenvalue weighted by Crippen LogP contribution is 2.21. The highest BCUT2D eigenvalue weighted by molar-refractivity contribution is 5.81. The molecule has 6 heteroatoms. The second kappa shape index (κ2) is 11.5. The van der Waals surface area contributed by atoms with E-state index in [2.05, 4.69) is 60.6 Å². The van der Waals surface area contributed by atoms with Crippen molar-refractivity contribution in [3.8, 4) is 0 Å². The minimum atomic E-state index is 0.0698. The van der Waals surface area contributed by atoms with Gasteiger partial charge in [-0.05, 0) is 58.7 Å². The number of benzene rings is 1. The van der Waals surface area contributed by atoms with Gasteiger partial charge in [-0.1, -0.05) is 36.8 Å². The van der Waals surface area contributed by atoms with Crippen molar-refractivity contribution in [3.63, 3.8) is 0 Å². The van der Waals surface area contributed by atoms with Gasteiger partial charge in [-0.15, -0.1) is 0 Å². The van der Waals surface area contributed by atoms with Gasteiger partial charge in [-0.3, -0.25) is 14.7 Å². The van der Waals surface area contributed by atoms with E-state index in [1.54, 1.807) is 0 Å². The molecule has 2 heterocycles. The number of nitrogens with zero attached hydrogens (tertiary/aromatic N) is 3. The third-order valence-electron chi connectivity index (χ3n) is 6.55. The first-order valence-electron chi connectivity index (χ1n) is 12.1. The first-order chi connectivity index (χ1) is 15.0. The molecule has 2 aliphatic rings. The molecule has 0 radical (unpaired) electrons. The van der Waals surface area contributed by atoms with Gasteiger partial charge in [0.25, 0.3) is 0 Å². The van der Waals surface area contributed by atoms with E-state index in [-0.39, 0.29) is 11.4 Å². The minimum absolute atomic E-state index is 0.0698. The lowest BCUT2D eigenvalue weighted by atomic mass is 9.99. The lowest BCUT2D eigenvalue weighted by molar-refractivity contribution is -0.127. The number of carbonyl (C=O) groups excluding carboxylic acids is 1. The Morgan fingerprint density at radius 2 is 1.87 bits per heavy atom. The average molecular weight is 428 g/mol. The molecule has 0 spiro atoms. The summed E-state index contributed by atoms with van der Waals surface area (Å²) in [6.45, 7) is 13.1. The van der Waals surface area contributed by atoms with Gasteiger partial charge in [0.15, 0.2) is 5.96 Å². The van der Waals surface area contributed by atoms with E-state index in [4.69, 9.17) is 4.99 Å². The maximum Gasteiger partial charge on any atom is 0.223 e. The molecule has 6 nitrogen and oxygen atoms in total. The second-order valence-electron chi connectivity index (χ2n) is 9.58. The van der Waals surface area contributed by atoms with E-state index in [0.29, 0.717) is 12.3 Å². The van der Waals surface area contributed by atoms with Crippen LogP contribution in [0.25, 0.3) is 0 Å². The van der Waals surface area contributed by atoms with Gasteiger partial charge in [0.2, 0.25) is 5.91 Å². The van der Waals surface area contributed by atoms with Crippen LogP contribution < -0.4 is 10.6 Å². The van der Waals surface area contributed by atoms with Crippen molar-refractivity contribution in [1.29, 1.82) is 0 Å². The molecule has 0 saturated carbocycles. The SMILES string of the molecule is CCNC(=NCC(C)(C)N1CCCCC1)NCC1CC(=O)N(CCc2ccccc2)C1. The van der Waals surface area contributed by atoms with Crippen LogP contribution in [0.3, 0.4) is 0 Å². The van der Waals surface area contributed by atoms with Crippen LogP contribution >= 0.6 is 0 Å². The number of hydrogen-bond acceptors (Lipinski definition) is 3. The maximum absolute atomic E-state index is 12.5. The third-order valence-corrected chi connectivity index (χ3v) is 6.55. The molecule has 0 bridgehead atoms. The number of guanidine groups is 1. The van der Waals surface area contributed by atoms with Gasteiger partial charge >= 0.3 is 0 Å². The van der Waals surface area contributed by atoms with Crippen molar-refractivity contribution in [1.82, 2.24) is 20.4 Å². The standard InChI is InChI=1S/C25H41N5O/c1-4-26-24(28-20-25(2,3)30-14-9-6-10-15-30)27-18-22-17-23(31)29(19-22)16-13-21-11-7-5-8-12-21/h5,7-8,11-12,22H,4,6,9-10,13-20H2,1-3H3,(H2,26,27,28). The van der Waals surface area contributed by atoms with Crippen molar-refractivity contribution < 1.29 is 4.79 Å². The Morgan fingerprint density at radius 1 is 1.13 bits per heavy atom. The van der Waals surface area contributed by atoms with Crippen molar-refractivity contribution in [2.75, 3.05) is 45.8 Å². The Kier molecular flexibility index (Phi) is 8.76. The molecular formula is C25H41N5O. The van der Waals surface area contributed by atoms with Crippen LogP contribution in [0.1, 0.15) is 52.0 Å². The summed E-state index contributed by atoms with van der Waals surface area (Å²) >= 11 is 0. The molecule has 172 valence electrons. The van der Waals surface area contributed by atoms with Crippen molar-refractivity contribution in [3.05, 3.63) is 35.9 Å². The summed E-state index contributed by atoms with van der Waals surface area (Å²) in [7, 11) is 0. The van der Waals surface area contributed by atoms with Crippen LogP contribution in [-0.2, 0) is 11.2 Å². The molecule has 0 aromatic heterocycles. The normalized spacial score (nSPS) is 20.9. The molecule has 2 fully saturated rings. The average Bonchev–Trinajstić information content (AvgIpc) is 3.15. The van der Waals surface area contributed by atoms with Gasteiger partial charge in [-0.25, -0.2) is 0 Å². The minimum Gasteiger partial charge on any atom is -0.357 e. The van der Waals surface area contributed by atoms with Crippen molar-refractivity contribution >= 4 is 11.9 Å². The Balaban J connectivity index is 1.46. The number of aliphatic imine (C=N–C) groups is 1. The highest BCUT2D eigenvalue weighted by atomic mass is 16.2. The first kappa shape index (κ1) is 23.6. The smallest absolute Gasteiger partial charge is 0.223 e. The monoisotopic (exact) mass is 427 g/mol. The zero-order valence-corrected chi connectivity index (χ0v) is 19.7. The molecule has 1 unspecified atom stereocenters. The number of likely N-dealkylation sites (tertiary alicyclic amines) is 2. The molecule has 2 N–H and O–H groups in total. The molecule has 2 saturated heterocycles. The molecule has 1 atom stereocenters. The zero-order chi connectivity index (χ0) is 22.1. The molecule has 1 aromatic carbocycles. The zero-order valence-electron chi connectivity index (χ0n) is 19.7. The fourth-order valence-corrected chi connectivity index (χ4v) is 4.57. The van der Waals surface area contributed by atoms with Crippen LogP contribution in [0.5, 0.6) is 0 Å². The topological polar surface area (TPSA) is 60.0 Å². The summed E-state index contributed by atoms with van der Waals surface area (Å²) in [5, 5.41) is 6.87. The second-order valence-corrected chi connectivity index (χ2v) is 9.58. The quantitative estimate of drug-likeness (QED) is 0.470. The molecule has 31 heavy (non-hydrogen) atoms. The molecule has 3 rings (SSSR count). The Morgan fingerprint density at radius 3 is 2.58 bits per heavy atom. The van der Waals surface area contributed by atoms with E-state index < -0.39 is 0 Å². The van der Waals surface area contributed by atoms with Crippen LogP contribution in [0.4, 0.5) is 0 Å². The van der Waals surface area contributed by atoms with E-state index in [1.807, 2.05) is 11.0 Å². The summed E-state index contributed by atoms with van der Waals surface area (Å²) in [5.74, 6) is 1.47. The van der Waals surface area contributed by atoms with Crippen LogP contribution in [0, 0.1) is 5.92 Å². The predicted molar refractivity (Wildman–Crippen MR) is 128 cm³/mol. The summed E-state index contributed by atoms with van der Waals surface area (Å²) in [4.78, 5) is 21.9. The van der Waals surface area contributed by atoms with Crippen LogP contribution in [0.15, 0.2) is 35.3 Å². The third kappa shape index (κ3) is 7.23. The van der Waals surface area contributed by atoms with Gasteiger partial charge in [0, 0.05) is 44.1 Å². The lowest BCUT2D eigenvalue weighted by Gasteiger charge is -2.40. The summed E-state index contributed by atoms with van der Waals surface area (Å²) in [6.07, 6.45) is 5.48. The number of carbonyl (C=O) groups is 1. The maximum atomic E-state index is 12.5. The summed E-state index contributed by atoms with van der Waals surface area (Å²) < 4.78 is 0. The summed E-state index contributed by atoms with van der Waals surface area (Å²) in [6, 6.07) is 10.4.